The summed E-state index contributed by atoms with van der Waals surface area (Å²) in [5, 5.41) is 0. The standard InChI is InChI=1S/C11H22N2O/c1-8(7-11(2,3)4)13-6-5-9(12)10(13)14/h8-9H,5-7,12H2,1-4H3. The molecule has 0 aromatic heterocycles. The fourth-order valence-electron chi connectivity index (χ4n) is 2.16. The molecule has 0 bridgehead atoms. The van der Waals surface area contributed by atoms with Crippen LogP contribution in [0.2, 0.25) is 0 Å². The summed E-state index contributed by atoms with van der Waals surface area (Å²) in [6.45, 7) is 9.54. The van der Waals surface area contributed by atoms with Crippen molar-refractivity contribution in [3.63, 3.8) is 0 Å². The van der Waals surface area contributed by atoms with E-state index in [4.69, 9.17) is 5.73 Å². The van der Waals surface area contributed by atoms with Crippen LogP contribution < -0.4 is 5.73 Å². The van der Waals surface area contributed by atoms with E-state index in [1.807, 2.05) is 4.90 Å². The maximum atomic E-state index is 11.6. The summed E-state index contributed by atoms with van der Waals surface area (Å²) >= 11 is 0. The summed E-state index contributed by atoms with van der Waals surface area (Å²) in [6, 6.07) is 0.0634. The maximum absolute atomic E-state index is 11.6. The molecule has 1 aliphatic heterocycles. The molecule has 0 aromatic rings. The highest BCUT2D eigenvalue weighted by Gasteiger charge is 2.33. The van der Waals surface area contributed by atoms with E-state index in [0.29, 0.717) is 6.04 Å². The smallest absolute Gasteiger partial charge is 0.239 e. The van der Waals surface area contributed by atoms with Crippen LogP contribution in [0.3, 0.4) is 0 Å². The SMILES string of the molecule is CC(CC(C)(C)C)N1CCC(N)C1=O. The first-order valence-electron chi connectivity index (χ1n) is 5.37. The molecule has 82 valence electrons. The Kier molecular flexibility index (Phi) is 3.20. The molecule has 2 N–H and O–H groups in total. The Morgan fingerprint density at radius 2 is 2.14 bits per heavy atom. The van der Waals surface area contributed by atoms with Crippen molar-refractivity contribution < 1.29 is 4.79 Å². The van der Waals surface area contributed by atoms with Gasteiger partial charge in [-0.25, -0.2) is 0 Å². The minimum atomic E-state index is -0.252. The lowest BCUT2D eigenvalue weighted by Crippen LogP contribution is -2.40. The molecule has 1 heterocycles. The fourth-order valence-corrected chi connectivity index (χ4v) is 2.16. The van der Waals surface area contributed by atoms with Crippen LogP contribution in [-0.4, -0.2) is 29.4 Å². The number of carbonyl (C=O) groups is 1. The van der Waals surface area contributed by atoms with E-state index >= 15 is 0 Å². The third-order valence-electron chi connectivity index (χ3n) is 2.72. The van der Waals surface area contributed by atoms with Gasteiger partial charge in [0.2, 0.25) is 5.91 Å². The number of rotatable bonds is 2. The molecule has 0 saturated carbocycles. The van der Waals surface area contributed by atoms with E-state index in [-0.39, 0.29) is 17.4 Å². The Hall–Kier alpha value is -0.570. The van der Waals surface area contributed by atoms with Crippen LogP contribution >= 0.6 is 0 Å². The Morgan fingerprint density at radius 3 is 2.50 bits per heavy atom. The predicted molar refractivity (Wildman–Crippen MR) is 57.8 cm³/mol. The third kappa shape index (κ3) is 2.71. The van der Waals surface area contributed by atoms with Gasteiger partial charge >= 0.3 is 0 Å². The molecule has 0 spiro atoms. The van der Waals surface area contributed by atoms with Crippen LogP contribution in [0.15, 0.2) is 0 Å². The monoisotopic (exact) mass is 198 g/mol. The summed E-state index contributed by atoms with van der Waals surface area (Å²) in [4.78, 5) is 13.6. The molecule has 1 amide bonds. The van der Waals surface area contributed by atoms with E-state index in [0.717, 1.165) is 19.4 Å². The Labute approximate surface area is 86.6 Å². The quantitative estimate of drug-likeness (QED) is 0.728. The van der Waals surface area contributed by atoms with Gasteiger partial charge in [0.1, 0.15) is 0 Å². The zero-order chi connectivity index (χ0) is 10.9. The van der Waals surface area contributed by atoms with Crippen molar-refractivity contribution in [1.29, 1.82) is 0 Å². The van der Waals surface area contributed by atoms with Crippen LogP contribution in [0.5, 0.6) is 0 Å². The molecule has 1 saturated heterocycles. The lowest BCUT2D eigenvalue weighted by Gasteiger charge is -2.30. The first-order valence-corrected chi connectivity index (χ1v) is 5.37. The fraction of sp³-hybridized carbons (Fsp3) is 0.909. The van der Waals surface area contributed by atoms with Crippen molar-refractivity contribution in [2.75, 3.05) is 6.54 Å². The van der Waals surface area contributed by atoms with Crippen LogP contribution in [0, 0.1) is 5.41 Å². The van der Waals surface area contributed by atoms with Gasteiger partial charge in [-0.2, -0.15) is 0 Å². The van der Waals surface area contributed by atoms with Crippen molar-refractivity contribution in [2.24, 2.45) is 11.1 Å². The van der Waals surface area contributed by atoms with Crippen molar-refractivity contribution >= 4 is 5.91 Å². The molecular formula is C11H22N2O. The second kappa shape index (κ2) is 3.89. The van der Waals surface area contributed by atoms with Gasteiger partial charge in [-0.05, 0) is 25.2 Å². The van der Waals surface area contributed by atoms with Gasteiger partial charge in [0.15, 0.2) is 0 Å². The number of nitrogens with two attached hydrogens (primary N) is 1. The summed E-state index contributed by atoms with van der Waals surface area (Å²) in [7, 11) is 0. The second-order valence-corrected chi connectivity index (χ2v) is 5.54. The Bertz CT molecular complexity index is 220. The number of amides is 1. The minimum Gasteiger partial charge on any atom is -0.339 e. The van der Waals surface area contributed by atoms with Crippen molar-refractivity contribution in [2.45, 2.75) is 52.6 Å². The highest BCUT2D eigenvalue weighted by molar-refractivity contribution is 5.83. The molecule has 0 aliphatic carbocycles. The zero-order valence-corrected chi connectivity index (χ0v) is 9.71. The topological polar surface area (TPSA) is 46.3 Å². The van der Waals surface area contributed by atoms with Gasteiger partial charge in [0.05, 0.1) is 6.04 Å². The Balaban J connectivity index is 2.54. The number of likely N-dealkylation sites (tertiary alicyclic amines) is 1. The van der Waals surface area contributed by atoms with Gasteiger partial charge < -0.3 is 10.6 Å². The average Bonchev–Trinajstić information content (AvgIpc) is 2.29. The Morgan fingerprint density at radius 1 is 1.57 bits per heavy atom. The second-order valence-electron chi connectivity index (χ2n) is 5.54. The van der Waals surface area contributed by atoms with Crippen LogP contribution in [-0.2, 0) is 4.79 Å². The molecule has 3 heteroatoms. The van der Waals surface area contributed by atoms with Gasteiger partial charge in [-0.3, -0.25) is 4.79 Å². The zero-order valence-electron chi connectivity index (χ0n) is 9.71. The van der Waals surface area contributed by atoms with Gasteiger partial charge in [-0.15, -0.1) is 0 Å². The highest BCUT2D eigenvalue weighted by atomic mass is 16.2. The molecule has 1 rings (SSSR count). The van der Waals surface area contributed by atoms with Crippen molar-refractivity contribution in [3.8, 4) is 0 Å². The molecule has 0 radical (unpaired) electrons. The van der Waals surface area contributed by atoms with Crippen molar-refractivity contribution in [1.82, 2.24) is 4.90 Å². The highest BCUT2D eigenvalue weighted by Crippen LogP contribution is 2.25. The van der Waals surface area contributed by atoms with Gasteiger partial charge in [0, 0.05) is 12.6 Å². The molecule has 3 nitrogen and oxygen atoms in total. The molecule has 1 fully saturated rings. The number of nitrogens with zero attached hydrogens (tertiary/aromatic N) is 1. The molecule has 2 atom stereocenters. The number of hydrogen-bond acceptors (Lipinski definition) is 2. The third-order valence-corrected chi connectivity index (χ3v) is 2.72. The normalized spacial score (nSPS) is 25.6. The maximum Gasteiger partial charge on any atom is 0.239 e. The molecule has 2 unspecified atom stereocenters. The summed E-state index contributed by atoms with van der Waals surface area (Å²) < 4.78 is 0. The van der Waals surface area contributed by atoms with Gasteiger partial charge in [0.25, 0.3) is 0 Å². The summed E-state index contributed by atoms with van der Waals surface area (Å²) in [5.41, 5.74) is 5.95. The lowest BCUT2D eigenvalue weighted by molar-refractivity contribution is -0.130. The van der Waals surface area contributed by atoms with E-state index in [9.17, 15) is 4.79 Å². The van der Waals surface area contributed by atoms with Crippen LogP contribution in [0.1, 0.15) is 40.5 Å². The predicted octanol–water partition coefficient (Wildman–Crippen LogP) is 1.37. The molecule has 0 aromatic carbocycles. The van der Waals surface area contributed by atoms with E-state index in [1.54, 1.807) is 0 Å². The number of carbonyl (C=O) groups excluding carboxylic acids is 1. The van der Waals surface area contributed by atoms with E-state index in [1.165, 1.54) is 0 Å². The van der Waals surface area contributed by atoms with Crippen molar-refractivity contribution in [3.05, 3.63) is 0 Å². The summed E-state index contributed by atoms with van der Waals surface area (Å²) in [5.74, 6) is 0.127. The van der Waals surface area contributed by atoms with Crippen LogP contribution in [0.25, 0.3) is 0 Å². The largest absolute Gasteiger partial charge is 0.339 e. The minimum absolute atomic E-state index is 0.127. The van der Waals surface area contributed by atoms with E-state index < -0.39 is 0 Å². The van der Waals surface area contributed by atoms with E-state index in [2.05, 4.69) is 27.7 Å². The van der Waals surface area contributed by atoms with Gasteiger partial charge in [-0.1, -0.05) is 20.8 Å². The molecule has 1 aliphatic rings. The first-order chi connectivity index (χ1) is 6.31. The molecular weight excluding hydrogens is 176 g/mol. The first kappa shape index (κ1) is 11.5. The summed E-state index contributed by atoms with van der Waals surface area (Å²) in [6.07, 6.45) is 1.85. The molecule has 14 heavy (non-hydrogen) atoms. The average molecular weight is 198 g/mol. The lowest BCUT2D eigenvalue weighted by atomic mass is 9.88. The van der Waals surface area contributed by atoms with Crippen LogP contribution in [0.4, 0.5) is 0 Å². The number of hydrogen-bond donors (Lipinski definition) is 1.